The molecule has 14 heavy (non-hydrogen) atoms. The molecule has 0 spiro atoms. The van der Waals surface area contributed by atoms with Gasteiger partial charge in [0.15, 0.2) is 0 Å². The molecule has 0 aliphatic rings. The molecule has 0 saturated carbocycles. The van der Waals surface area contributed by atoms with Gasteiger partial charge in [0.25, 0.3) is 0 Å². The van der Waals surface area contributed by atoms with Crippen molar-refractivity contribution >= 4 is 5.69 Å². The van der Waals surface area contributed by atoms with E-state index < -0.39 is 0 Å². The van der Waals surface area contributed by atoms with Crippen LogP contribution in [0.1, 0.15) is 11.5 Å². The Balaban J connectivity index is 2.49. The second-order valence-electron chi connectivity index (χ2n) is 3.39. The molecule has 0 radical (unpaired) electrons. The van der Waals surface area contributed by atoms with Crippen LogP contribution in [0.3, 0.4) is 0 Å². The average Bonchev–Trinajstić information content (AvgIpc) is 2.47. The maximum Gasteiger partial charge on any atom is 0.110 e. The number of benzene rings is 1. The van der Waals surface area contributed by atoms with E-state index in [1.807, 2.05) is 44.3 Å². The first kappa shape index (κ1) is 8.81. The highest BCUT2D eigenvalue weighted by atomic mass is 15.1. The van der Waals surface area contributed by atoms with Gasteiger partial charge in [-0.05, 0) is 38.1 Å². The minimum Gasteiger partial charge on any atom is -0.399 e. The maximum absolute atomic E-state index is 5.62. The van der Waals surface area contributed by atoms with Gasteiger partial charge in [-0.15, -0.1) is 0 Å². The standard InChI is InChI=1S/C11H13N3/c1-8-7-14(9(2)13-8)11-5-3-10(12)4-6-11/h3-7H,12H2,1-2H3. The molecule has 1 aromatic carbocycles. The second-order valence-corrected chi connectivity index (χ2v) is 3.39. The van der Waals surface area contributed by atoms with E-state index in [1.165, 1.54) is 0 Å². The minimum absolute atomic E-state index is 0.781. The van der Waals surface area contributed by atoms with Crippen molar-refractivity contribution in [2.24, 2.45) is 0 Å². The predicted molar refractivity (Wildman–Crippen MR) is 57.5 cm³/mol. The van der Waals surface area contributed by atoms with E-state index in [1.54, 1.807) is 0 Å². The number of aryl methyl sites for hydroxylation is 2. The highest BCUT2D eigenvalue weighted by molar-refractivity contribution is 5.45. The first-order valence-corrected chi connectivity index (χ1v) is 4.55. The van der Waals surface area contributed by atoms with E-state index in [9.17, 15) is 0 Å². The molecule has 0 saturated heterocycles. The van der Waals surface area contributed by atoms with Crippen LogP contribution >= 0.6 is 0 Å². The number of nitrogen functional groups attached to an aromatic ring is 1. The summed E-state index contributed by atoms with van der Waals surface area (Å²) in [4.78, 5) is 4.34. The summed E-state index contributed by atoms with van der Waals surface area (Å²) >= 11 is 0. The fourth-order valence-corrected chi connectivity index (χ4v) is 1.51. The number of imidazole rings is 1. The molecule has 2 aromatic rings. The molecule has 0 bridgehead atoms. The zero-order valence-corrected chi connectivity index (χ0v) is 8.36. The van der Waals surface area contributed by atoms with Crippen LogP contribution in [0.25, 0.3) is 5.69 Å². The molecule has 0 aliphatic heterocycles. The maximum atomic E-state index is 5.62. The first-order valence-electron chi connectivity index (χ1n) is 4.55. The van der Waals surface area contributed by atoms with Crippen molar-refractivity contribution in [2.45, 2.75) is 13.8 Å². The average molecular weight is 187 g/mol. The summed E-state index contributed by atoms with van der Waals surface area (Å²) in [5.41, 5.74) is 8.53. The fraction of sp³-hybridized carbons (Fsp3) is 0.182. The molecule has 72 valence electrons. The van der Waals surface area contributed by atoms with Crippen LogP contribution < -0.4 is 5.73 Å². The van der Waals surface area contributed by atoms with E-state index in [2.05, 4.69) is 9.55 Å². The number of anilines is 1. The Bertz CT molecular complexity index is 440. The Hall–Kier alpha value is -1.77. The number of aromatic nitrogens is 2. The van der Waals surface area contributed by atoms with Crippen molar-refractivity contribution in [3.63, 3.8) is 0 Å². The van der Waals surface area contributed by atoms with Crippen LogP contribution in [0.4, 0.5) is 5.69 Å². The van der Waals surface area contributed by atoms with Gasteiger partial charge in [-0.1, -0.05) is 0 Å². The summed E-state index contributed by atoms with van der Waals surface area (Å²) in [7, 11) is 0. The van der Waals surface area contributed by atoms with Gasteiger partial charge in [-0.2, -0.15) is 0 Å². The molecule has 3 heteroatoms. The number of rotatable bonds is 1. The van der Waals surface area contributed by atoms with Gasteiger partial charge >= 0.3 is 0 Å². The van der Waals surface area contributed by atoms with Gasteiger partial charge in [0, 0.05) is 17.6 Å². The molecule has 0 fully saturated rings. The Kier molecular flexibility index (Phi) is 2.00. The van der Waals surface area contributed by atoms with Gasteiger partial charge < -0.3 is 10.3 Å². The monoisotopic (exact) mass is 187 g/mol. The van der Waals surface area contributed by atoms with Gasteiger partial charge in [0.1, 0.15) is 5.82 Å². The van der Waals surface area contributed by atoms with E-state index in [0.717, 1.165) is 22.9 Å². The summed E-state index contributed by atoms with van der Waals surface area (Å²) in [6.07, 6.45) is 2.01. The lowest BCUT2D eigenvalue weighted by molar-refractivity contribution is 0.974. The van der Waals surface area contributed by atoms with Crippen LogP contribution in [0.5, 0.6) is 0 Å². The highest BCUT2D eigenvalue weighted by Gasteiger charge is 2.01. The van der Waals surface area contributed by atoms with E-state index in [-0.39, 0.29) is 0 Å². The van der Waals surface area contributed by atoms with E-state index in [4.69, 9.17) is 5.73 Å². The lowest BCUT2D eigenvalue weighted by Gasteiger charge is -2.04. The number of nitrogens with zero attached hydrogens (tertiary/aromatic N) is 2. The van der Waals surface area contributed by atoms with Crippen molar-refractivity contribution in [1.82, 2.24) is 9.55 Å². The first-order chi connectivity index (χ1) is 6.66. The van der Waals surface area contributed by atoms with Crippen molar-refractivity contribution in [3.8, 4) is 5.69 Å². The topological polar surface area (TPSA) is 43.8 Å². The second kappa shape index (κ2) is 3.18. The molecule has 1 heterocycles. The summed E-state index contributed by atoms with van der Waals surface area (Å²) in [5, 5.41) is 0. The van der Waals surface area contributed by atoms with Gasteiger partial charge in [-0.3, -0.25) is 0 Å². The van der Waals surface area contributed by atoms with E-state index in [0.29, 0.717) is 0 Å². The largest absolute Gasteiger partial charge is 0.399 e. The Morgan fingerprint density at radius 3 is 2.29 bits per heavy atom. The van der Waals surface area contributed by atoms with Crippen LogP contribution in [-0.4, -0.2) is 9.55 Å². The molecular weight excluding hydrogens is 174 g/mol. The van der Waals surface area contributed by atoms with Gasteiger partial charge in [0.05, 0.1) is 5.69 Å². The van der Waals surface area contributed by atoms with Crippen LogP contribution in [0.15, 0.2) is 30.5 Å². The third-order valence-corrected chi connectivity index (χ3v) is 2.17. The van der Waals surface area contributed by atoms with Crippen molar-refractivity contribution in [3.05, 3.63) is 42.0 Å². The van der Waals surface area contributed by atoms with Crippen LogP contribution in [0.2, 0.25) is 0 Å². The minimum atomic E-state index is 0.781. The van der Waals surface area contributed by atoms with Crippen molar-refractivity contribution in [1.29, 1.82) is 0 Å². The molecule has 2 rings (SSSR count). The SMILES string of the molecule is Cc1cn(-c2ccc(N)cc2)c(C)n1. The third-order valence-electron chi connectivity index (χ3n) is 2.17. The molecule has 0 amide bonds. The molecule has 3 nitrogen and oxygen atoms in total. The molecule has 1 aromatic heterocycles. The molecule has 2 N–H and O–H groups in total. The van der Waals surface area contributed by atoms with Gasteiger partial charge in [0.2, 0.25) is 0 Å². The quantitative estimate of drug-likeness (QED) is 0.694. The Labute approximate surface area is 83.2 Å². The van der Waals surface area contributed by atoms with E-state index >= 15 is 0 Å². The lowest BCUT2D eigenvalue weighted by atomic mass is 10.3. The molecular formula is C11H13N3. The molecule has 0 atom stereocenters. The zero-order valence-electron chi connectivity index (χ0n) is 8.36. The molecule has 0 unspecified atom stereocenters. The predicted octanol–water partition coefficient (Wildman–Crippen LogP) is 2.07. The van der Waals surface area contributed by atoms with Gasteiger partial charge in [-0.25, -0.2) is 4.98 Å². The number of hydrogen-bond donors (Lipinski definition) is 1. The molecule has 0 aliphatic carbocycles. The summed E-state index contributed by atoms with van der Waals surface area (Å²) in [5.74, 6) is 0.993. The Morgan fingerprint density at radius 2 is 1.79 bits per heavy atom. The smallest absolute Gasteiger partial charge is 0.110 e. The van der Waals surface area contributed by atoms with Crippen LogP contribution in [-0.2, 0) is 0 Å². The zero-order chi connectivity index (χ0) is 10.1. The highest BCUT2D eigenvalue weighted by Crippen LogP contribution is 2.13. The van der Waals surface area contributed by atoms with Crippen molar-refractivity contribution < 1.29 is 0 Å². The fourth-order valence-electron chi connectivity index (χ4n) is 1.51. The normalized spacial score (nSPS) is 10.4. The van der Waals surface area contributed by atoms with Crippen molar-refractivity contribution in [2.75, 3.05) is 5.73 Å². The Morgan fingerprint density at radius 1 is 1.14 bits per heavy atom. The summed E-state index contributed by atoms with van der Waals surface area (Å²) in [6, 6.07) is 7.76. The lowest BCUT2D eigenvalue weighted by Crippen LogP contribution is -1.95. The number of hydrogen-bond acceptors (Lipinski definition) is 2. The number of nitrogens with two attached hydrogens (primary N) is 1. The van der Waals surface area contributed by atoms with Crippen LogP contribution in [0, 0.1) is 13.8 Å². The third kappa shape index (κ3) is 1.48. The summed E-state index contributed by atoms with van der Waals surface area (Å²) in [6.45, 7) is 3.98. The summed E-state index contributed by atoms with van der Waals surface area (Å²) < 4.78 is 2.05.